The van der Waals surface area contributed by atoms with E-state index in [4.69, 9.17) is 4.74 Å². The molecule has 0 aliphatic carbocycles. The van der Waals surface area contributed by atoms with Crippen LogP contribution in [0.25, 0.3) is 0 Å². The summed E-state index contributed by atoms with van der Waals surface area (Å²) in [5, 5.41) is 5.53. The number of anilines is 1. The number of imide groups is 1. The average molecular weight is 309 g/mol. The fourth-order valence-corrected chi connectivity index (χ4v) is 3.19. The monoisotopic (exact) mass is 309 g/mol. The van der Waals surface area contributed by atoms with Gasteiger partial charge < -0.3 is 9.64 Å². The van der Waals surface area contributed by atoms with Gasteiger partial charge in [-0.3, -0.25) is 10.1 Å². The van der Waals surface area contributed by atoms with Crippen molar-refractivity contribution < 1.29 is 19.1 Å². The molecule has 0 atom stereocenters. The van der Waals surface area contributed by atoms with Gasteiger partial charge in [0.1, 0.15) is 0 Å². The molecule has 3 heterocycles. The van der Waals surface area contributed by atoms with Crippen molar-refractivity contribution in [2.24, 2.45) is 0 Å². The zero-order chi connectivity index (χ0) is 14.8. The van der Waals surface area contributed by atoms with Crippen molar-refractivity contribution in [3.8, 4) is 0 Å². The summed E-state index contributed by atoms with van der Waals surface area (Å²) in [5.41, 5.74) is 0. The smallest absolute Gasteiger partial charge is 0.417 e. The summed E-state index contributed by atoms with van der Waals surface area (Å²) in [7, 11) is 0. The van der Waals surface area contributed by atoms with E-state index >= 15 is 0 Å². The molecule has 2 fully saturated rings. The van der Waals surface area contributed by atoms with Crippen molar-refractivity contribution in [1.82, 2.24) is 9.80 Å². The normalized spacial score (nSPS) is 19.8. The molecule has 0 saturated carbocycles. The first-order valence-electron chi connectivity index (χ1n) is 6.73. The Kier molecular flexibility index (Phi) is 3.78. The van der Waals surface area contributed by atoms with Crippen LogP contribution in [-0.4, -0.2) is 53.6 Å². The number of thiophene rings is 1. The number of amides is 4. The number of cyclic esters (lactones) is 1. The summed E-state index contributed by atoms with van der Waals surface area (Å²) >= 11 is 1.46. The summed E-state index contributed by atoms with van der Waals surface area (Å²) in [5.74, 6) is -0.290. The molecule has 1 aromatic rings. The summed E-state index contributed by atoms with van der Waals surface area (Å²) in [6, 6.07) is 3.40. The number of rotatable bonds is 2. The Bertz CT molecular complexity index is 536. The number of carbonyl (C=O) groups is 3. The Morgan fingerprint density at radius 1 is 1.33 bits per heavy atom. The Balaban J connectivity index is 1.54. The number of carbonyl (C=O) groups excluding carboxylic acids is 3. The SMILES string of the molecule is O=C(Nc1cccs1)N1CCC(N2C(=O)COC2=O)CC1. The lowest BCUT2D eigenvalue weighted by atomic mass is 10.0. The predicted octanol–water partition coefficient (Wildman–Crippen LogP) is 1.72. The molecule has 0 bridgehead atoms. The van der Waals surface area contributed by atoms with Crippen LogP contribution in [0.4, 0.5) is 14.6 Å². The molecule has 21 heavy (non-hydrogen) atoms. The van der Waals surface area contributed by atoms with E-state index in [0.29, 0.717) is 25.9 Å². The van der Waals surface area contributed by atoms with E-state index < -0.39 is 6.09 Å². The van der Waals surface area contributed by atoms with Gasteiger partial charge in [-0.15, -0.1) is 11.3 Å². The molecule has 3 rings (SSSR count). The molecular formula is C13H15N3O4S. The Labute approximate surface area is 125 Å². The number of hydrogen-bond donors (Lipinski definition) is 1. The van der Waals surface area contributed by atoms with Gasteiger partial charge in [-0.2, -0.15) is 0 Å². The van der Waals surface area contributed by atoms with Gasteiger partial charge in [-0.25, -0.2) is 14.5 Å². The fraction of sp³-hybridized carbons (Fsp3) is 0.462. The first-order chi connectivity index (χ1) is 10.1. The summed E-state index contributed by atoms with van der Waals surface area (Å²) in [6.07, 6.45) is 0.596. The Hall–Kier alpha value is -2.09. The second kappa shape index (κ2) is 5.72. The highest BCUT2D eigenvalue weighted by Gasteiger charge is 2.38. The quantitative estimate of drug-likeness (QED) is 0.902. The molecule has 0 radical (unpaired) electrons. The first kappa shape index (κ1) is 13.9. The van der Waals surface area contributed by atoms with Gasteiger partial charge in [-0.1, -0.05) is 0 Å². The minimum atomic E-state index is -0.568. The van der Waals surface area contributed by atoms with Gasteiger partial charge >= 0.3 is 12.1 Å². The van der Waals surface area contributed by atoms with Crippen LogP contribution in [0.2, 0.25) is 0 Å². The number of urea groups is 1. The lowest BCUT2D eigenvalue weighted by Gasteiger charge is -2.34. The van der Waals surface area contributed by atoms with Crippen LogP contribution < -0.4 is 5.32 Å². The van der Waals surface area contributed by atoms with Crippen molar-refractivity contribution >= 4 is 34.4 Å². The zero-order valence-corrected chi connectivity index (χ0v) is 12.1. The minimum Gasteiger partial charge on any atom is -0.439 e. The van der Waals surface area contributed by atoms with Crippen molar-refractivity contribution in [2.45, 2.75) is 18.9 Å². The molecule has 0 unspecified atom stereocenters. The highest BCUT2D eigenvalue weighted by atomic mass is 32.1. The van der Waals surface area contributed by atoms with Gasteiger partial charge in [-0.05, 0) is 30.4 Å². The van der Waals surface area contributed by atoms with Gasteiger partial charge in [0.25, 0.3) is 5.91 Å². The lowest BCUT2D eigenvalue weighted by Crippen LogP contribution is -2.49. The van der Waals surface area contributed by atoms with Crippen LogP contribution in [0, 0.1) is 0 Å². The molecule has 112 valence electrons. The van der Waals surface area contributed by atoms with Gasteiger partial charge in [0, 0.05) is 19.1 Å². The molecule has 8 heteroatoms. The Morgan fingerprint density at radius 3 is 2.67 bits per heavy atom. The van der Waals surface area contributed by atoms with E-state index in [1.165, 1.54) is 16.2 Å². The van der Waals surface area contributed by atoms with Crippen molar-refractivity contribution in [3.05, 3.63) is 17.5 Å². The van der Waals surface area contributed by atoms with Gasteiger partial charge in [0.05, 0.1) is 5.00 Å². The van der Waals surface area contributed by atoms with E-state index in [2.05, 4.69) is 5.32 Å². The minimum absolute atomic E-state index is 0.147. The predicted molar refractivity (Wildman–Crippen MR) is 76.1 cm³/mol. The molecule has 0 aromatic carbocycles. The average Bonchev–Trinajstić information content (AvgIpc) is 3.09. The van der Waals surface area contributed by atoms with E-state index in [-0.39, 0.29) is 24.6 Å². The summed E-state index contributed by atoms with van der Waals surface area (Å²) in [6.45, 7) is 0.857. The molecule has 1 aromatic heterocycles. The highest BCUT2D eigenvalue weighted by molar-refractivity contribution is 7.14. The third-order valence-electron chi connectivity index (χ3n) is 3.65. The third kappa shape index (κ3) is 2.85. The molecule has 7 nitrogen and oxygen atoms in total. The van der Waals surface area contributed by atoms with Crippen LogP contribution in [0.5, 0.6) is 0 Å². The summed E-state index contributed by atoms with van der Waals surface area (Å²) in [4.78, 5) is 38.1. The van der Waals surface area contributed by atoms with Crippen LogP contribution in [0.15, 0.2) is 17.5 Å². The molecule has 2 saturated heterocycles. The number of nitrogens with zero attached hydrogens (tertiary/aromatic N) is 2. The molecule has 0 spiro atoms. The maximum atomic E-state index is 12.1. The molecule has 2 aliphatic rings. The van der Waals surface area contributed by atoms with Crippen molar-refractivity contribution in [2.75, 3.05) is 25.0 Å². The molecule has 2 aliphatic heterocycles. The number of piperidine rings is 1. The molecule has 4 amide bonds. The second-order valence-electron chi connectivity index (χ2n) is 4.94. The second-order valence-corrected chi connectivity index (χ2v) is 5.89. The zero-order valence-electron chi connectivity index (χ0n) is 11.3. The van der Waals surface area contributed by atoms with E-state index in [1.54, 1.807) is 4.90 Å². The van der Waals surface area contributed by atoms with Crippen molar-refractivity contribution in [1.29, 1.82) is 0 Å². The van der Waals surface area contributed by atoms with Gasteiger partial charge in [0.15, 0.2) is 6.61 Å². The highest BCUT2D eigenvalue weighted by Crippen LogP contribution is 2.22. The van der Waals surface area contributed by atoms with E-state index in [1.807, 2.05) is 17.5 Å². The number of ether oxygens (including phenoxy) is 1. The van der Waals surface area contributed by atoms with Crippen LogP contribution in [-0.2, 0) is 9.53 Å². The standard InChI is InChI=1S/C13H15N3O4S/c17-11-8-20-13(19)16(11)9-3-5-15(6-4-9)12(18)14-10-2-1-7-21-10/h1-2,7,9H,3-6,8H2,(H,14,18). The number of nitrogens with one attached hydrogen (secondary N) is 1. The Morgan fingerprint density at radius 2 is 2.10 bits per heavy atom. The topological polar surface area (TPSA) is 79.0 Å². The summed E-state index contributed by atoms with van der Waals surface area (Å²) < 4.78 is 4.72. The number of likely N-dealkylation sites (tertiary alicyclic amines) is 1. The van der Waals surface area contributed by atoms with Crippen LogP contribution in [0.3, 0.4) is 0 Å². The van der Waals surface area contributed by atoms with Crippen LogP contribution in [0.1, 0.15) is 12.8 Å². The first-order valence-corrected chi connectivity index (χ1v) is 7.61. The van der Waals surface area contributed by atoms with Crippen LogP contribution >= 0.6 is 11.3 Å². The van der Waals surface area contributed by atoms with Crippen molar-refractivity contribution in [3.63, 3.8) is 0 Å². The number of hydrogen-bond acceptors (Lipinski definition) is 5. The van der Waals surface area contributed by atoms with Gasteiger partial charge in [0.2, 0.25) is 0 Å². The van der Waals surface area contributed by atoms with E-state index in [9.17, 15) is 14.4 Å². The lowest BCUT2D eigenvalue weighted by molar-refractivity contribution is -0.127. The maximum absolute atomic E-state index is 12.1. The fourth-order valence-electron chi connectivity index (χ4n) is 2.58. The molecular weight excluding hydrogens is 294 g/mol. The molecule has 1 N–H and O–H groups in total. The van der Waals surface area contributed by atoms with E-state index in [0.717, 1.165) is 5.00 Å². The maximum Gasteiger partial charge on any atom is 0.417 e. The largest absolute Gasteiger partial charge is 0.439 e. The third-order valence-corrected chi connectivity index (χ3v) is 4.44.